The van der Waals surface area contributed by atoms with Gasteiger partial charge in [-0.3, -0.25) is 9.78 Å². The maximum Gasteiger partial charge on any atom is 0.272 e. The Morgan fingerprint density at radius 3 is 2.27 bits per heavy atom. The Morgan fingerprint density at radius 1 is 0.962 bits per heavy atom. The maximum absolute atomic E-state index is 12.2. The van der Waals surface area contributed by atoms with Crippen molar-refractivity contribution in [2.45, 2.75) is 0 Å². The molecular formula is C21H14BrN3O. The Hall–Kier alpha value is -3.05. The molecule has 0 aliphatic heterocycles. The molecule has 4 rings (SSSR count). The number of hydrazone groups is 1. The van der Waals surface area contributed by atoms with Crippen molar-refractivity contribution in [2.24, 2.45) is 5.10 Å². The second-order valence-electron chi connectivity index (χ2n) is 5.82. The van der Waals surface area contributed by atoms with Gasteiger partial charge in [0.05, 0.1) is 11.8 Å². The van der Waals surface area contributed by atoms with E-state index in [1.165, 1.54) is 6.20 Å². The summed E-state index contributed by atoms with van der Waals surface area (Å²) in [7, 11) is 0. The monoisotopic (exact) mass is 403 g/mol. The average Bonchev–Trinajstić information content (AvgIpc) is 2.67. The van der Waals surface area contributed by atoms with Gasteiger partial charge in [-0.05, 0) is 49.6 Å². The van der Waals surface area contributed by atoms with Crippen molar-refractivity contribution in [2.75, 3.05) is 0 Å². The zero-order chi connectivity index (χ0) is 17.9. The fraction of sp³-hybridized carbons (Fsp3) is 0. The van der Waals surface area contributed by atoms with E-state index in [0.717, 1.165) is 31.6 Å². The SMILES string of the molecule is O=C(N/N=C/c1c2ccccc2cc2ccccc12)c1cncc(Br)c1. The lowest BCUT2D eigenvalue weighted by Gasteiger charge is -2.08. The number of halogens is 1. The van der Waals surface area contributed by atoms with E-state index in [-0.39, 0.29) is 5.91 Å². The number of benzene rings is 3. The number of aromatic nitrogens is 1. The first-order valence-electron chi connectivity index (χ1n) is 8.07. The van der Waals surface area contributed by atoms with E-state index >= 15 is 0 Å². The molecule has 1 N–H and O–H groups in total. The molecule has 26 heavy (non-hydrogen) atoms. The van der Waals surface area contributed by atoms with E-state index in [9.17, 15) is 4.79 Å². The third-order valence-electron chi connectivity index (χ3n) is 4.14. The van der Waals surface area contributed by atoms with Crippen molar-refractivity contribution in [3.63, 3.8) is 0 Å². The summed E-state index contributed by atoms with van der Waals surface area (Å²) in [6.07, 6.45) is 4.83. The first-order chi connectivity index (χ1) is 12.7. The van der Waals surface area contributed by atoms with Crippen LogP contribution in [-0.4, -0.2) is 17.1 Å². The molecule has 5 heteroatoms. The zero-order valence-corrected chi connectivity index (χ0v) is 15.3. The minimum atomic E-state index is -0.306. The molecule has 4 nitrogen and oxygen atoms in total. The van der Waals surface area contributed by atoms with Gasteiger partial charge in [-0.2, -0.15) is 5.10 Å². The van der Waals surface area contributed by atoms with Crippen LogP contribution < -0.4 is 5.43 Å². The van der Waals surface area contributed by atoms with Crippen LogP contribution in [0.2, 0.25) is 0 Å². The summed E-state index contributed by atoms with van der Waals surface area (Å²) >= 11 is 3.31. The molecule has 1 heterocycles. The molecule has 0 fully saturated rings. The summed E-state index contributed by atoms with van der Waals surface area (Å²) in [4.78, 5) is 16.2. The third-order valence-corrected chi connectivity index (χ3v) is 4.57. The second kappa shape index (κ2) is 7.06. The summed E-state index contributed by atoms with van der Waals surface area (Å²) in [6.45, 7) is 0. The quantitative estimate of drug-likeness (QED) is 0.300. The van der Waals surface area contributed by atoms with E-state index in [4.69, 9.17) is 0 Å². The van der Waals surface area contributed by atoms with E-state index < -0.39 is 0 Å². The molecular weight excluding hydrogens is 390 g/mol. The maximum atomic E-state index is 12.2. The van der Waals surface area contributed by atoms with Gasteiger partial charge in [0, 0.05) is 22.4 Å². The number of hydrogen-bond acceptors (Lipinski definition) is 3. The highest BCUT2D eigenvalue weighted by Crippen LogP contribution is 2.27. The highest BCUT2D eigenvalue weighted by Gasteiger charge is 2.07. The van der Waals surface area contributed by atoms with Crippen LogP contribution in [0.4, 0.5) is 0 Å². The first-order valence-corrected chi connectivity index (χ1v) is 8.86. The molecule has 0 saturated carbocycles. The number of nitrogens with zero attached hydrogens (tertiary/aromatic N) is 2. The smallest absolute Gasteiger partial charge is 0.267 e. The van der Waals surface area contributed by atoms with E-state index in [1.807, 2.05) is 24.3 Å². The number of fused-ring (bicyclic) bond motifs is 2. The number of amides is 1. The highest BCUT2D eigenvalue weighted by molar-refractivity contribution is 9.10. The molecule has 3 aromatic carbocycles. The summed E-state index contributed by atoms with van der Waals surface area (Å²) in [5.74, 6) is -0.306. The summed E-state index contributed by atoms with van der Waals surface area (Å²) in [5, 5.41) is 8.63. The summed E-state index contributed by atoms with van der Waals surface area (Å²) in [6, 6.07) is 20.2. The van der Waals surface area contributed by atoms with Crippen LogP contribution in [0, 0.1) is 0 Å². The van der Waals surface area contributed by atoms with Gasteiger partial charge in [-0.15, -0.1) is 0 Å². The van der Waals surface area contributed by atoms with Crippen LogP contribution in [0.3, 0.4) is 0 Å². The van der Waals surface area contributed by atoms with Crippen LogP contribution >= 0.6 is 15.9 Å². The van der Waals surface area contributed by atoms with Crippen molar-refractivity contribution in [1.29, 1.82) is 0 Å². The van der Waals surface area contributed by atoms with Gasteiger partial charge in [0.25, 0.3) is 5.91 Å². The number of carbonyl (C=O) groups excluding carboxylic acids is 1. The Morgan fingerprint density at radius 2 is 1.62 bits per heavy atom. The Balaban J connectivity index is 1.71. The van der Waals surface area contributed by atoms with Gasteiger partial charge in [-0.1, -0.05) is 48.5 Å². The standard InChI is InChI=1S/C21H14BrN3O/c22-17-10-16(11-23-12-17)21(26)25-24-13-20-18-7-3-1-5-14(18)9-15-6-2-4-8-19(15)20/h1-13H,(H,25,26)/b24-13+. The van der Waals surface area contributed by atoms with Crippen molar-refractivity contribution in [3.05, 3.63) is 88.7 Å². The molecule has 4 aromatic rings. The number of pyridine rings is 1. The number of rotatable bonds is 3. The first kappa shape index (κ1) is 16.4. The Labute approximate surface area is 158 Å². The Bertz CT molecular complexity index is 1100. The number of carbonyl (C=O) groups is 1. The molecule has 0 aliphatic rings. The van der Waals surface area contributed by atoms with Crippen molar-refractivity contribution < 1.29 is 4.79 Å². The van der Waals surface area contributed by atoms with Crippen molar-refractivity contribution >= 4 is 49.6 Å². The van der Waals surface area contributed by atoms with Gasteiger partial charge >= 0.3 is 0 Å². The lowest BCUT2D eigenvalue weighted by Crippen LogP contribution is -2.17. The van der Waals surface area contributed by atoms with Gasteiger partial charge < -0.3 is 0 Å². The van der Waals surface area contributed by atoms with E-state index in [1.54, 1.807) is 18.5 Å². The van der Waals surface area contributed by atoms with Crippen molar-refractivity contribution in [1.82, 2.24) is 10.4 Å². The summed E-state index contributed by atoms with van der Waals surface area (Å²) < 4.78 is 0.745. The molecule has 0 atom stereocenters. The van der Waals surface area contributed by atoms with Gasteiger partial charge in [-0.25, -0.2) is 5.43 Å². The van der Waals surface area contributed by atoms with Crippen LogP contribution in [0.25, 0.3) is 21.5 Å². The number of hydrogen-bond donors (Lipinski definition) is 1. The van der Waals surface area contributed by atoms with Gasteiger partial charge in [0.2, 0.25) is 0 Å². The zero-order valence-electron chi connectivity index (χ0n) is 13.7. The van der Waals surface area contributed by atoms with Gasteiger partial charge in [0.15, 0.2) is 0 Å². The largest absolute Gasteiger partial charge is 0.272 e. The number of nitrogens with one attached hydrogen (secondary N) is 1. The molecule has 1 amide bonds. The van der Waals surface area contributed by atoms with E-state index in [2.05, 4.69) is 61.8 Å². The lowest BCUT2D eigenvalue weighted by atomic mass is 9.97. The lowest BCUT2D eigenvalue weighted by molar-refractivity contribution is 0.0954. The fourth-order valence-corrected chi connectivity index (χ4v) is 3.31. The van der Waals surface area contributed by atoms with E-state index in [0.29, 0.717) is 5.56 Å². The molecule has 0 saturated heterocycles. The fourth-order valence-electron chi connectivity index (χ4n) is 2.94. The average molecular weight is 404 g/mol. The molecule has 1 aromatic heterocycles. The molecule has 0 aliphatic carbocycles. The van der Waals surface area contributed by atoms with Crippen molar-refractivity contribution in [3.8, 4) is 0 Å². The predicted octanol–water partition coefficient (Wildman–Crippen LogP) is 4.91. The summed E-state index contributed by atoms with van der Waals surface area (Å²) in [5.41, 5.74) is 4.00. The van der Waals surface area contributed by atoms with Crippen LogP contribution in [0.5, 0.6) is 0 Å². The molecule has 0 spiro atoms. The van der Waals surface area contributed by atoms with Crippen LogP contribution in [-0.2, 0) is 0 Å². The topological polar surface area (TPSA) is 54.4 Å². The Kier molecular flexibility index (Phi) is 4.46. The molecule has 0 bridgehead atoms. The molecule has 0 unspecified atom stereocenters. The van der Waals surface area contributed by atoms with Gasteiger partial charge in [0.1, 0.15) is 0 Å². The van der Waals surface area contributed by atoms with Crippen LogP contribution in [0.15, 0.2) is 82.6 Å². The van der Waals surface area contributed by atoms with Crippen LogP contribution in [0.1, 0.15) is 15.9 Å². The normalized spacial score (nSPS) is 11.3. The predicted molar refractivity (Wildman–Crippen MR) is 108 cm³/mol. The second-order valence-corrected chi connectivity index (χ2v) is 6.74. The highest BCUT2D eigenvalue weighted by atomic mass is 79.9. The third kappa shape index (κ3) is 3.21. The molecule has 0 radical (unpaired) electrons. The minimum absolute atomic E-state index is 0.306. The minimum Gasteiger partial charge on any atom is -0.267 e. The molecule has 126 valence electrons.